The minimum Gasteiger partial charge on any atom is -0.478 e. The Labute approximate surface area is 85.0 Å². The molecule has 0 aliphatic heterocycles. The Balaban J connectivity index is 3.80. The summed E-state index contributed by atoms with van der Waals surface area (Å²) in [5, 5.41) is 11.8. The van der Waals surface area contributed by atoms with Crippen LogP contribution in [0.15, 0.2) is 11.6 Å². The summed E-state index contributed by atoms with van der Waals surface area (Å²) in [4.78, 5) is 10.4. The van der Waals surface area contributed by atoms with Crippen molar-refractivity contribution in [3.8, 4) is 0 Å². The second kappa shape index (κ2) is 7.53. The largest absolute Gasteiger partial charge is 0.478 e. The molecule has 82 valence electrons. The molecule has 0 aromatic carbocycles. The molecule has 14 heavy (non-hydrogen) atoms. The molecule has 0 amide bonds. The first-order valence-corrected chi connectivity index (χ1v) is 4.74. The number of nitrogens with one attached hydrogen (secondary N) is 1. The molecule has 4 heteroatoms. The molecule has 0 spiro atoms. The summed E-state index contributed by atoms with van der Waals surface area (Å²) in [6, 6.07) is 0.290. The molecular weight excluding hydrogens is 182 g/mol. The van der Waals surface area contributed by atoms with E-state index in [1.165, 1.54) is 0 Å². The van der Waals surface area contributed by atoms with E-state index in [4.69, 9.17) is 9.84 Å². The molecule has 1 atom stereocenters. The molecule has 0 aromatic heterocycles. The number of hydrogen-bond donors (Lipinski definition) is 2. The lowest BCUT2D eigenvalue weighted by atomic mass is 10.2. The third kappa shape index (κ3) is 5.72. The Bertz CT molecular complexity index is 202. The molecular formula is C10H19NO3. The number of carboxylic acid groups (broad SMARTS) is 1. The highest BCUT2D eigenvalue weighted by Crippen LogP contribution is 1.93. The number of methoxy groups -OCH3 is 1. The zero-order chi connectivity index (χ0) is 11.0. The van der Waals surface area contributed by atoms with Crippen LogP contribution in [-0.2, 0) is 9.53 Å². The van der Waals surface area contributed by atoms with Crippen molar-refractivity contribution >= 4 is 5.97 Å². The first kappa shape index (κ1) is 13.1. The van der Waals surface area contributed by atoms with Gasteiger partial charge in [-0.3, -0.25) is 0 Å². The average Bonchev–Trinajstić information content (AvgIpc) is 2.16. The van der Waals surface area contributed by atoms with Gasteiger partial charge in [-0.05, 0) is 13.3 Å². The summed E-state index contributed by atoms with van der Waals surface area (Å²) < 4.78 is 5.00. The van der Waals surface area contributed by atoms with Crippen molar-refractivity contribution in [2.45, 2.75) is 26.3 Å². The molecule has 0 rings (SSSR count). The van der Waals surface area contributed by atoms with Gasteiger partial charge in [0.1, 0.15) is 0 Å². The molecule has 0 radical (unpaired) electrons. The zero-order valence-corrected chi connectivity index (χ0v) is 9.04. The number of rotatable bonds is 7. The quantitative estimate of drug-likeness (QED) is 0.604. The van der Waals surface area contributed by atoms with Crippen LogP contribution in [0, 0.1) is 0 Å². The second-order valence-electron chi connectivity index (χ2n) is 3.16. The van der Waals surface area contributed by atoms with E-state index in [-0.39, 0.29) is 6.04 Å². The molecule has 0 saturated carbocycles. The number of hydrogen-bond acceptors (Lipinski definition) is 3. The summed E-state index contributed by atoms with van der Waals surface area (Å²) in [7, 11) is 1.66. The molecule has 0 saturated heterocycles. The van der Waals surface area contributed by atoms with Gasteiger partial charge in [0.15, 0.2) is 0 Å². The fourth-order valence-corrected chi connectivity index (χ4v) is 0.988. The van der Waals surface area contributed by atoms with E-state index in [1.54, 1.807) is 20.1 Å². The van der Waals surface area contributed by atoms with Crippen LogP contribution in [0.5, 0.6) is 0 Å². The monoisotopic (exact) mass is 201 g/mol. The van der Waals surface area contributed by atoms with Gasteiger partial charge in [0.05, 0.1) is 6.61 Å². The van der Waals surface area contributed by atoms with E-state index in [0.717, 1.165) is 6.42 Å². The van der Waals surface area contributed by atoms with Crippen LogP contribution in [0.4, 0.5) is 0 Å². The van der Waals surface area contributed by atoms with Crippen molar-refractivity contribution in [2.24, 2.45) is 0 Å². The van der Waals surface area contributed by atoms with Crippen LogP contribution in [0.1, 0.15) is 20.3 Å². The first-order chi connectivity index (χ1) is 6.61. The van der Waals surface area contributed by atoms with E-state index >= 15 is 0 Å². The highest BCUT2D eigenvalue weighted by atomic mass is 16.5. The molecule has 2 N–H and O–H groups in total. The molecule has 0 aromatic rings. The van der Waals surface area contributed by atoms with E-state index in [1.807, 2.05) is 0 Å². The molecule has 0 aliphatic carbocycles. The maximum Gasteiger partial charge on any atom is 0.330 e. The maximum atomic E-state index is 10.4. The van der Waals surface area contributed by atoms with E-state index in [9.17, 15) is 4.79 Å². The van der Waals surface area contributed by atoms with Crippen LogP contribution < -0.4 is 5.32 Å². The van der Waals surface area contributed by atoms with Gasteiger partial charge >= 0.3 is 5.97 Å². The summed E-state index contributed by atoms with van der Waals surface area (Å²) in [5.74, 6) is -0.869. The molecule has 0 heterocycles. The van der Waals surface area contributed by atoms with Gasteiger partial charge in [0.25, 0.3) is 0 Å². The van der Waals surface area contributed by atoms with Crippen molar-refractivity contribution in [1.29, 1.82) is 0 Å². The molecule has 1 unspecified atom stereocenters. The first-order valence-electron chi connectivity index (χ1n) is 4.74. The Morgan fingerprint density at radius 1 is 1.64 bits per heavy atom. The third-order valence-electron chi connectivity index (χ3n) is 2.01. The Hall–Kier alpha value is -0.870. The molecule has 0 bridgehead atoms. The van der Waals surface area contributed by atoms with Gasteiger partial charge < -0.3 is 15.2 Å². The van der Waals surface area contributed by atoms with Crippen molar-refractivity contribution in [3.63, 3.8) is 0 Å². The highest BCUT2D eigenvalue weighted by Gasteiger charge is 2.03. The zero-order valence-electron chi connectivity index (χ0n) is 9.04. The summed E-state index contributed by atoms with van der Waals surface area (Å²) in [5.41, 5.74) is 0.366. The minimum absolute atomic E-state index is 0.290. The highest BCUT2D eigenvalue weighted by molar-refractivity contribution is 5.85. The lowest BCUT2D eigenvalue weighted by Crippen LogP contribution is -2.32. The summed E-state index contributed by atoms with van der Waals surface area (Å²) in [6.07, 6.45) is 2.63. The molecule has 0 fully saturated rings. The van der Waals surface area contributed by atoms with Gasteiger partial charge in [-0.15, -0.1) is 0 Å². The van der Waals surface area contributed by atoms with Crippen LogP contribution in [0.25, 0.3) is 0 Å². The van der Waals surface area contributed by atoms with Gasteiger partial charge in [0.2, 0.25) is 0 Å². The minimum atomic E-state index is -0.869. The van der Waals surface area contributed by atoms with Crippen molar-refractivity contribution in [2.75, 3.05) is 20.3 Å². The Morgan fingerprint density at radius 2 is 2.29 bits per heavy atom. The summed E-state index contributed by atoms with van der Waals surface area (Å²) in [6.45, 7) is 4.86. The van der Waals surface area contributed by atoms with Gasteiger partial charge in [-0.2, -0.15) is 0 Å². The Morgan fingerprint density at radius 3 is 2.71 bits per heavy atom. The number of aliphatic carboxylic acids is 1. The van der Waals surface area contributed by atoms with Gasteiger partial charge in [-0.25, -0.2) is 4.79 Å². The lowest BCUT2D eigenvalue weighted by molar-refractivity contribution is -0.132. The second-order valence-corrected chi connectivity index (χ2v) is 3.16. The topological polar surface area (TPSA) is 58.6 Å². The fourth-order valence-electron chi connectivity index (χ4n) is 0.988. The van der Waals surface area contributed by atoms with E-state index in [0.29, 0.717) is 18.7 Å². The third-order valence-corrected chi connectivity index (χ3v) is 2.01. The van der Waals surface area contributed by atoms with Crippen molar-refractivity contribution in [3.05, 3.63) is 11.6 Å². The normalized spacial score (nSPS) is 14.1. The molecule has 0 aliphatic rings. The maximum absolute atomic E-state index is 10.4. The lowest BCUT2D eigenvalue weighted by Gasteiger charge is -2.14. The van der Waals surface area contributed by atoms with E-state index < -0.39 is 5.97 Å². The fraction of sp³-hybridized carbons (Fsp3) is 0.700. The van der Waals surface area contributed by atoms with Crippen LogP contribution in [0.2, 0.25) is 0 Å². The van der Waals surface area contributed by atoms with Gasteiger partial charge in [-0.1, -0.05) is 13.0 Å². The number of ether oxygens (including phenoxy) is 1. The van der Waals surface area contributed by atoms with Crippen LogP contribution >= 0.6 is 0 Å². The SMILES string of the molecule is CCC(COC)NC/C=C(/C)C(=O)O. The average molecular weight is 201 g/mol. The predicted molar refractivity (Wildman–Crippen MR) is 55.4 cm³/mol. The van der Waals surface area contributed by atoms with Crippen LogP contribution in [-0.4, -0.2) is 37.4 Å². The number of carboxylic acids is 1. The van der Waals surface area contributed by atoms with E-state index in [2.05, 4.69) is 12.2 Å². The standard InChI is InChI=1S/C10H19NO3/c1-4-9(7-14-3)11-6-5-8(2)10(12)13/h5,9,11H,4,6-7H2,1-3H3,(H,12,13)/b8-5-. The Kier molecular flexibility index (Phi) is 7.06. The van der Waals surface area contributed by atoms with Crippen molar-refractivity contribution in [1.82, 2.24) is 5.32 Å². The molecule has 4 nitrogen and oxygen atoms in total. The smallest absolute Gasteiger partial charge is 0.330 e. The summed E-state index contributed by atoms with van der Waals surface area (Å²) >= 11 is 0. The predicted octanol–water partition coefficient (Wildman–Crippen LogP) is 1.03. The van der Waals surface area contributed by atoms with Crippen molar-refractivity contribution < 1.29 is 14.6 Å². The van der Waals surface area contributed by atoms with Crippen LogP contribution in [0.3, 0.4) is 0 Å². The number of carbonyl (C=O) groups is 1. The van der Waals surface area contributed by atoms with Gasteiger partial charge in [0, 0.05) is 25.3 Å².